The first kappa shape index (κ1) is 15.9. The Morgan fingerprint density at radius 1 is 1.17 bits per heavy atom. The summed E-state index contributed by atoms with van der Waals surface area (Å²) >= 11 is 0. The second-order valence-corrected chi connectivity index (χ2v) is 5.57. The second-order valence-electron chi connectivity index (χ2n) is 5.57. The highest BCUT2D eigenvalue weighted by atomic mass is 16.5. The SMILES string of the molecule is CCCNC1CCCC1CCOCCOC(C)C. The van der Waals surface area contributed by atoms with Gasteiger partial charge in [0, 0.05) is 12.6 Å². The molecule has 2 atom stereocenters. The van der Waals surface area contributed by atoms with E-state index in [2.05, 4.69) is 26.1 Å². The fourth-order valence-electron chi connectivity index (χ4n) is 2.66. The van der Waals surface area contributed by atoms with E-state index in [4.69, 9.17) is 9.47 Å². The summed E-state index contributed by atoms with van der Waals surface area (Å²) in [5.41, 5.74) is 0. The zero-order chi connectivity index (χ0) is 13.2. The summed E-state index contributed by atoms with van der Waals surface area (Å²) in [6.07, 6.45) is 6.83. The number of hydrogen-bond acceptors (Lipinski definition) is 3. The number of nitrogens with one attached hydrogen (secondary N) is 1. The molecule has 3 nitrogen and oxygen atoms in total. The van der Waals surface area contributed by atoms with Crippen LogP contribution in [0.1, 0.15) is 52.9 Å². The topological polar surface area (TPSA) is 30.5 Å². The van der Waals surface area contributed by atoms with Gasteiger partial charge in [-0.05, 0) is 52.0 Å². The summed E-state index contributed by atoms with van der Waals surface area (Å²) in [6.45, 7) is 9.85. The summed E-state index contributed by atoms with van der Waals surface area (Å²) in [7, 11) is 0. The predicted octanol–water partition coefficient (Wildman–Crippen LogP) is 2.99. The van der Waals surface area contributed by atoms with Gasteiger partial charge in [-0.1, -0.05) is 13.3 Å². The van der Waals surface area contributed by atoms with Crippen LogP contribution in [0.25, 0.3) is 0 Å². The van der Waals surface area contributed by atoms with Crippen molar-refractivity contribution in [2.24, 2.45) is 5.92 Å². The summed E-state index contributed by atoms with van der Waals surface area (Å²) in [5, 5.41) is 3.67. The third kappa shape index (κ3) is 6.72. The third-order valence-corrected chi connectivity index (χ3v) is 3.63. The number of hydrogen-bond donors (Lipinski definition) is 1. The summed E-state index contributed by atoms with van der Waals surface area (Å²) in [5.74, 6) is 0.822. The van der Waals surface area contributed by atoms with Crippen LogP contribution >= 0.6 is 0 Å². The van der Waals surface area contributed by atoms with Crippen LogP contribution in [0, 0.1) is 5.92 Å². The van der Waals surface area contributed by atoms with Crippen molar-refractivity contribution in [3.05, 3.63) is 0 Å². The van der Waals surface area contributed by atoms with Crippen LogP contribution in [0.4, 0.5) is 0 Å². The fraction of sp³-hybridized carbons (Fsp3) is 1.00. The first-order chi connectivity index (χ1) is 8.74. The van der Waals surface area contributed by atoms with E-state index in [1.54, 1.807) is 0 Å². The second kappa shape index (κ2) is 9.76. The third-order valence-electron chi connectivity index (χ3n) is 3.63. The Labute approximate surface area is 113 Å². The Balaban J connectivity index is 2.00. The minimum Gasteiger partial charge on any atom is -0.379 e. The molecule has 1 aliphatic rings. The van der Waals surface area contributed by atoms with Crippen molar-refractivity contribution in [2.75, 3.05) is 26.4 Å². The lowest BCUT2D eigenvalue weighted by Gasteiger charge is -2.20. The van der Waals surface area contributed by atoms with E-state index in [9.17, 15) is 0 Å². The lowest BCUT2D eigenvalue weighted by atomic mass is 10.00. The van der Waals surface area contributed by atoms with Gasteiger partial charge in [0.05, 0.1) is 19.3 Å². The first-order valence-corrected chi connectivity index (χ1v) is 7.66. The average molecular weight is 257 g/mol. The maximum Gasteiger partial charge on any atom is 0.0703 e. The lowest BCUT2D eigenvalue weighted by Crippen LogP contribution is -2.33. The van der Waals surface area contributed by atoms with Crippen molar-refractivity contribution in [1.82, 2.24) is 5.32 Å². The van der Waals surface area contributed by atoms with Crippen molar-refractivity contribution < 1.29 is 9.47 Å². The van der Waals surface area contributed by atoms with Gasteiger partial charge in [0.2, 0.25) is 0 Å². The van der Waals surface area contributed by atoms with Crippen molar-refractivity contribution >= 4 is 0 Å². The first-order valence-electron chi connectivity index (χ1n) is 7.66. The van der Waals surface area contributed by atoms with Crippen molar-refractivity contribution in [2.45, 2.75) is 65.0 Å². The van der Waals surface area contributed by atoms with Crippen LogP contribution in [-0.2, 0) is 9.47 Å². The number of rotatable bonds is 10. The summed E-state index contributed by atoms with van der Waals surface area (Å²) in [4.78, 5) is 0. The normalized spacial score (nSPS) is 24.0. The van der Waals surface area contributed by atoms with E-state index in [0.29, 0.717) is 6.10 Å². The molecule has 0 amide bonds. The Hall–Kier alpha value is -0.120. The quantitative estimate of drug-likeness (QED) is 0.610. The van der Waals surface area contributed by atoms with Gasteiger partial charge in [0.15, 0.2) is 0 Å². The largest absolute Gasteiger partial charge is 0.379 e. The predicted molar refractivity (Wildman–Crippen MR) is 75.9 cm³/mol. The van der Waals surface area contributed by atoms with Crippen LogP contribution in [0.5, 0.6) is 0 Å². The fourth-order valence-corrected chi connectivity index (χ4v) is 2.66. The molecule has 1 aliphatic carbocycles. The molecule has 3 heteroatoms. The van der Waals surface area contributed by atoms with Gasteiger partial charge in [0.1, 0.15) is 0 Å². The van der Waals surface area contributed by atoms with E-state index in [0.717, 1.165) is 38.3 Å². The lowest BCUT2D eigenvalue weighted by molar-refractivity contribution is 0.0159. The zero-order valence-corrected chi connectivity index (χ0v) is 12.4. The van der Waals surface area contributed by atoms with Crippen molar-refractivity contribution in [3.8, 4) is 0 Å². The van der Waals surface area contributed by atoms with Crippen LogP contribution in [0.3, 0.4) is 0 Å². The maximum absolute atomic E-state index is 5.65. The highest BCUT2D eigenvalue weighted by Crippen LogP contribution is 2.28. The smallest absolute Gasteiger partial charge is 0.0703 e. The van der Waals surface area contributed by atoms with E-state index in [1.807, 2.05) is 0 Å². The Bertz CT molecular complexity index is 197. The molecule has 0 aromatic heterocycles. The minimum atomic E-state index is 0.311. The van der Waals surface area contributed by atoms with Gasteiger partial charge in [-0.3, -0.25) is 0 Å². The van der Waals surface area contributed by atoms with Crippen LogP contribution in [0.2, 0.25) is 0 Å². The molecule has 0 aromatic carbocycles. The van der Waals surface area contributed by atoms with Crippen molar-refractivity contribution in [3.63, 3.8) is 0 Å². The summed E-state index contributed by atoms with van der Waals surface area (Å²) < 4.78 is 11.1. The standard InChI is InChI=1S/C15H31NO2/c1-4-9-16-15-7-5-6-14(15)8-10-17-11-12-18-13(2)3/h13-16H,4-12H2,1-3H3. The molecule has 18 heavy (non-hydrogen) atoms. The molecule has 0 spiro atoms. The molecule has 0 aliphatic heterocycles. The molecule has 2 unspecified atom stereocenters. The van der Waals surface area contributed by atoms with E-state index in [1.165, 1.54) is 32.1 Å². The molecular formula is C15H31NO2. The molecule has 0 heterocycles. The summed E-state index contributed by atoms with van der Waals surface area (Å²) in [6, 6.07) is 0.737. The van der Waals surface area contributed by atoms with Crippen LogP contribution in [-0.4, -0.2) is 38.5 Å². The van der Waals surface area contributed by atoms with Gasteiger partial charge in [-0.15, -0.1) is 0 Å². The monoisotopic (exact) mass is 257 g/mol. The van der Waals surface area contributed by atoms with Crippen molar-refractivity contribution in [1.29, 1.82) is 0 Å². The Morgan fingerprint density at radius 2 is 2.00 bits per heavy atom. The maximum atomic E-state index is 5.65. The van der Waals surface area contributed by atoms with E-state index < -0.39 is 0 Å². The molecule has 1 rings (SSSR count). The minimum absolute atomic E-state index is 0.311. The molecule has 1 saturated carbocycles. The Morgan fingerprint density at radius 3 is 2.72 bits per heavy atom. The zero-order valence-electron chi connectivity index (χ0n) is 12.4. The van der Waals surface area contributed by atoms with Gasteiger partial charge < -0.3 is 14.8 Å². The van der Waals surface area contributed by atoms with Gasteiger partial charge >= 0.3 is 0 Å². The van der Waals surface area contributed by atoms with Gasteiger partial charge in [0.25, 0.3) is 0 Å². The average Bonchev–Trinajstić information content (AvgIpc) is 2.78. The molecule has 0 bridgehead atoms. The van der Waals surface area contributed by atoms with Crippen LogP contribution in [0.15, 0.2) is 0 Å². The molecule has 108 valence electrons. The van der Waals surface area contributed by atoms with Gasteiger partial charge in [-0.25, -0.2) is 0 Å². The Kier molecular flexibility index (Phi) is 8.64. The molecule has 0 saturated heterocycles. The molecule has 0 radical (unpaired) electrons. The number of ether oxygens (including phenoxy) is 2. The van der Waals surface area contributed by atoms with Gasteiger partial charge in [-0.2, -0.15) is 0 Å². The van der Waals surface area contributed by atoms with Crippen LogP contribution < -0.4 is 5.32 Å². The molecular weight excluding hydrogens is 226 g/mol. The molecule has 1 N–H and O–H groups in total. The van der Waals surface area contributed by atoms with E-state index >= 15 is 0 Å². The molecule has 1 fully saturated rings. The van der Waals surface area contributed by atoms with E-state index in [-0.39, 0.29) is 0 Å². The highest BCUT2D eigenvalue weighted by Gasteiger charge is 2.25. The highest BCUT2D eigenvalue weighted by molar-refractivity contribution is 4.82. The molecule has 0 aromatic rings.